The van der Waals surface area contributed by atoms with Crippen LogP contribution < -0.4 is 0 Å². The molecule has 108 valence electrons. The molecule has 0 bridgehead atoms. The van der Waals surface area contributed by atoms with Crippen molar-refractivity contribution in [2.24, 2.45) is 23.7 Å². The van der Waals surface area contributed by atoms with E-state index in [0.717, 1.165) is 23.7 Å². The fourth-order valence-corrected chi connectivity index (χ4v) is 4.21. The molecule has 2 saturated carbocycles. The molecule has 0 aromatic carbocycles. The van der Waals surface area contributed by atoms with Crippen molar-refractivity contribution in [3.05, 3.63) is 0 Å². The Morgan fingerprint density at radius 3 is 1.94 bits per heavy atom. The molecule has 0 N–H and O–H groups in total. The summed E-state index contributed by atoms with van der Waals surface area (Å²) in [6.45, 7) is 9.03. The Kier molecular flexibility index (Phi) is 8.02. The van der Waals surface area contributed by atoms with Gasteiger partial charge in [-0.05, 0) is 30.1 Å². The Morgan fingerprint density at radius 2 is 1.22 bits per heavy atom. The Hall–Kier alpha value is 0. The van der Waals surface area contributed by atoms with E-state index >= 15 is 0 Å². The minimum atomic E-state index is 0.995. The lowest BCUT2D eigenvalue weighted by Gasteiger charge is -2.37. The molecule has 0 heterocycles. The second-order valence-corrected chi connectivity index (χ2v) is 6.66. The Balaban J connectivity index is 0.000000771. The Labute approximate surface area is 116 Å². The van der Waals surface area contributed by atoms with Crippen LogP contribution in [0.2, 0.25) is 0 Å². The molecular weight excluding hydrogens is 216 g/mol. The zero-order valence-corrected chi connectivity index (χ0v) is 13.4. The van der Waals surface area contributed by atoms with E-state index in [1.54, 1.807) is 12.8 Å². The molecule has 0 aliphatic heterocycles. The molecule has 4 atom stereocenters. The molecule has 0 amide bonds. The quantitative estimate of drug-likeness (QED) is 0.465. The van der Waals surface area contributed by atoms with Gasteiger partial charge in [-0.25, -0.2) is 0 Å². The molecule has 2 fully saturated rings. The monoisotopic (exact) mass is 252 g/mol. The summed E-state index contributed by atoms with van der Waals surface area (Å²) in [5.41, 5.74) is 0. The van der Waals surface area contributed by atoms with E-state index in [2.05, 4.69) is 13.8 Å². The van der Waals surface area contributed by atoms with Crippen LogP contribution in [0.1, 0.15) is 91.9 Å². The second kappa shape index (κ2) is 8.99. The summed E-state index contributed by atoms with van der Waals surface area (Å²) in [4.78, 5) is 0. The smallest absolute Gasteiger partial charge is 0.0358 e. The molecule has 4 unspecified atom stereocenters. The zero-order chi connectivity index (χ0) is 13.4. The first-order valence-electron chi connectivity index (χ1n) is 8.77. The van der Waals surface area contributed by atoms with Gasteiger partial charge in [0.05, 0.1) is 0 Å². The molecule has 0 nitrogen and oxygen atoms in total. The first-order valence-corrected chi connectivity index (χ1v) is 8.77. The van der Waals surface area contributed by atoms with Crippen molar-refractivity contribution < 1.29 is 0 Å². The van der Waals surface area contributed by atoms with Gasteiger partial charge in [0.2, 0.25) is 0 Å². The van der Waals surface area contributed by atoms with Crippen LogP contribution in [0, 0.1) is 23.7 Å². The van der Waals surface area contributed by atoms with Crippen molar-refractivity contribution in [2.45, 2.75) is 91.9 Å². The van der Waals surface area contributed by atoms with Gasteiger partial charge in [-0.2, -0.15) is 0 Å². The summed E-state index contributed by atoms with van der Waals surface area (Å²) < 4.78 is 0. The van der Waals surface area contributed by atoms with Crippen LogP contribution in [0.25, 0.3) is 0 Å². The molecule has 0 aromatic heterocycles. The van der Waals surface area contributed by atoms with Crippen LogP contribution in [0.4, 0.5) is 0 Å². The van der Waals surface area contributed by atoms with Gasteiger partial charge in [0.25, 0.3) is 0 Å². The lowest BCUT2D eigenvalue weighted by molar-refractivity contribution is 0.135. The maximum atomic E-state index is 2.54. The van der Waals surface area contributed by atoms with Crippen LogP contribution in [0.5, 0.6) is 0 Å². The maximum Gasteiger partial charge on any atom is -0.0358 e. The van der Waals surface area contributed by atoms with E-state index in [9.17, 15) is 0 Å². The summed E-state index contributed by atoms with van der Waals surface area (Å²) in [7, 11) is 0. The van der Waals surface area contributed by atoms with Crippen molar-refractivity contribution in [2.75, 3.05) is 0 Å². The van der Waals surface area contributed by atoms with E-state index in [1.807, 2.05) is 13.8 Å². The third-order valence-electron chi connectivity index (χ3n) is 5.27. The van der Waals surface area contributed by atoms with Gasteiger partial charge in [0, 0.05) is 0 Å². The van der Waals surface area contributed by atoms with Crippen molar-refractivity contribution in [1.29, 1.82) is 0 Å². The highest BCUT2D eigenvalue weighted by Gasteiger charge is 2.30. The van der Waals surface area contributed by atoms with Gasteiger partial charge in [0.1, 0.15) is 0 Å². The molecule has 2 aliphatic rings. The molecule has 18 heavy (non-hydrogen) atoms. The summed E-state index contributed by atoms with van der Waals surface area (Å²) >= 11 is 0. The van der Waals surface area contributed by atoms with Gasteiger partial charge in [-0.15, -0.1) is 0 Å². The standard InChI is InChI=1S/C16H30.C2H6/c1-13-8-6-7-11-15-10-5-3-4-9-14(2)16(15)12-13;1-2/h13-16H,3-12H2,1-2H3;1-2H3. The van der Waals surface area contributed by atoms with Gasteiger partial charge in [-0.1, -0.05) is 85.5 Å². The van der Waals surface area contributed by atoms with Crippen LogP contribution >= 0.6 is 0 Å². The molecular formula is C18H36. The number of rotatable bonds is 0. The molecule has 0 saturated heterocycles. The average Bonchev–Trinajstić information content (AvgIpc) is 2.36. The fourth-order valence-electron chi connectivity index (χ4n) is 4.21. The van der Waals surface area contributed by atoms with E-state index in [1.165, 1.54) is 51.4 Å². The van der Waals surface area contributed by atoms with Crippen molar-refractivity contribution in [3.63, 3.8) is 0 Å². The van der Waals surface area contributed by atoms with Crippen LogP contribution in [-0.2, 0) is 0 Å². The second-order valence-electron chi connectivity index (χ2n) is 6.66. The lowest BCUT2D eigenvalue weighted by Crippen LogP contribution is -2.27. The van der Waals surface area contributed by atoms with E-state index in [-0.39, 0.29) is 0 Å². The average molecular weight is 252 g/mol. The predicted octanol–water partition coefficient (Wildman–Crippen LogP) is 6.45. The van der Waals surface area contributed by atoms with Crippen LogP contribution in [-0.4, -0.2) is 0 Å². The molecule has 2 rings (SSSR count). The normalized spacial score (nSPS) is 38.0. The summed E-state index contributed by atoms with van der Waals surface area (Å²) in [5.74, 6) is 4.15. The van der Waals surface area contributed by atoms with Gasteiger partial charge >= 0.3 is 0 Å². The third kappa shape index (κ3) is 4.94. The topological polar surface area (TPSA) is 0 Å². The highest BCUT2D eigenvalue weighted by molar-refractivity contribution is 4.80. The largest absolute Gasteiger partial charge is 0.0683 e. The lowest BCUT2D eigenvalue weighted by atomic mass is 9.68. The Morgan fingerprint density at radius 1 is 0.667 bits per heavy atom. The van der Waals surface area contributed by atoms with Gasteiger partial charge < -0.3 is 0 Å². The number of hydrogen-bond donors (Lipinski definition) is 0. The SMILES string of the molecule is CC.CC1CCCCC2CCCCCC(C)C2C1. The zero-order valence-electron chi connectivity index (χ0n) is 13.4. The van der Waals surface area contributed by atoms with Crippen molar-refractivity contribution in [3.8, 4) is 0 Å². The fraction of sp³-hybridized carbons (Fsp3) is 1.00. The van der Waals surface area contributed by atoms with Crippen LogP contribution in [0.15, 0.2) is 0 Å². The van der Waals surface area contributed by atoms with Gasteiger partial charge in [0.15, 0.2) is 0 Å². The minimum Gasteiger partial charge on any atom is -0.0683 e. The molecule has 0 radical (unpaired) electrons. The van der Waals surface area contributed by atoms with Crippen molar-refractivity contribution >= 4 is 0 Å². The minimum absolute atomic E-state index is 0.995. The summed E-state index contributed by atoms with van der Waals surface area (Å²) in [6, 6.07) is 0. The van der Waals surface area contributed by atoms with Crippen LogP contribution in [0.3, 0.4) is 0 Å². The van der Waals surface area contributed by atoms with Crippen molar-refractivity contribution in [1.82, 2.24) is 0 Å². The third-order valence-corrected chi connectivity index (χ3v) is 5.27. The van der Waals surface area contributed by atoms with E-state index in [0.29, 0.717) is 0 Å². The first-order chi connectivity index (χ1) is 8.77. The maximum absolute atomic E-state index is 2.54. The highest BCUT2D eigenvalue weighted by atomic mass is 14.4. The number of hydrogen-bond acceptors (Lipinski definition) is 0. The highest BCUT2D eigenvalue weighted by Crippen LogP contribution is 2.41. The molecule has 0 heteroatoms. The summed E-state index contributed by atoms with van der Waals surface area (Å²) in [6.07, 6.45) is 15.2. The number of fused-ring (bicyclic) bond motifs is 1. The van der Waals surface area contributed by atoms with E-state index < -0.39 is 0 Å². The van der Waals surface area contributed by atoms with Gasteiger partial charge in [-0.3, -0.25) is 0 Å². The first kappa shape index (κ1) is 16.1. The molecule has 0 spiro atoms. The molecule has 2 aliphatic carbocycles. The van der Waals surface area contributed by atoms with E-state index in [4.69, 9.17) is 0 Å². The summed E-state index contributed by atoms with van der Waals surface area (Å²) in [5, 5.41) is 0. The predicted molar refractivity (Wildman–Crippen MR) is 82.8 cm³/mol. The Bertz CT molecular complexity index is 194. The molecule has 0 aromatic rings.